The summed E-state index contributed by atoms with van der Waals surface area (Å²) in [6.07, 6.45) is 0.704. The van der Waals surface area contributed by atoms with Crippen LogP contribution in [-0.2, 0) is 24.3 Å². The Balaban J connectivity index is 1.74. The van der Waals surface area contributed by atoms with Crippen molar-refractivity contribution >= 4 is 33.0 Å². The molecular weight excluding hydrogens is 416 g/mol. The van der Waals surface area contributed by atoms with Crippen molar-refractivity contribution in [2.45, 2.75) is 10.6 Å². The second kappa shape index (κ2) is 11.8. The molecule has 0 fully saturated rings. The van der Waals surface area contributed by atoms with Crippen molar-refractivity contribution in [2.24, 2.45) is 0 Å². The number of nitrogens with one attached hydrogen (secondary N) is 1. The van der Waals surface area contributed by atoms with Gasteiger partial charge in [-0.25, -0.2) is 8.42 Å². The molecule has 0 saturated carbocycles. The summed E-state index contributed by atoms with van der Waals surface area (Å²) in [5.74, 6) is 0.247. The number of carbonyl (C=O) groups excluding carboxylic acids is 1. The second-order valence-corrected chi connectivity index (χ2v) is 9.14. The van der Waals surface area contributed by atoms with Crippen LogP contribution in [0.1, 0.15) is 6.42 Å². The van der Waals surface area contributed by atoms with E-state index in [0.717, 1.165) is 0 Å². The van der Waals surface area contributed by atoms with Crippen LogP contribution in [-0.4, -0.2) is 61.5 Å². The van der Waals surface area contributed by atoms with Gasteiger partial charge in [0.25, 0.3) is 15.9 Å². The van der Waals surface area contributed by atoms with Crippen molar-refractivity contribution in [1.82, 2.24) is 5.32 Å². The molecule has 0 unspecified atom stereocenters. The average molecular weight is 443 g/mol. The lowest BCUT2D eigenvalue weighted by Gasteiger charge is -2.18. The van der Waals surface area contributed by atoms with Gasteiger partial charge in [0.1, 0.15) is 9.96 Å². The number of carbonyl (C=O) groups is 1. The number of methoxy groups -OCH3 is 1. The summed E-state index contributed by atoms with van der Waals surface area (Å²) in [5.41, 5.74) is 0.503. The first-order valence-corrected chi connectivity index (χ1v) is 11.4. The van der Waals surface area contributed by atoms with Gasteiger partial charge < -0.3 is 19.5 Å². The largest absolute Gasteiger partial charge is 0.484 e. The van der Waals surface area contributed by atoms with E-state index in [2.05, 4.69) is 5.32 Å². The number of thiophene rings is 1. The molecule has 8 nitrogen and oxygen atoms in total. The number of anilines is 1. The maximum absolute atomic E-state index is 12.5. The van der Waals surface area contributed by atoms with E-state index in [4.69, 9.17) is 14.2 Å². The molecule has 1 N–H and O–H groups in total. The Morgan fingerprint density at radius 3 is 2.55 bits per heavy atom. The van der Waals surface area contributed by atoms with Gasteiger partial charge in [-0.3, -0.25) is 9.10 Å². The van der Waals surface area contributed by atoms with E-state index in [1.165, 1.54) is 22.7 Å². The quantitative estimate of drug-likeness (QED) is 0.478. The topological polar surface area (TPSA) is 94.2 Å². The Hall–Kier alpha value is -2.14. The molecule has 1 heterocycles. The highest BCUT2D eigenvalue weighted by Crippen LogP contribution is 2.26. The van der Waals surface area contributed by atoms with Gasteiger partial charge in [0, 0.05) is 27.3 Å². The molecule has 0 bridgehead atoms. The molecule has 160 valence electrons. The molecule has 0 spiro atoms. The van der Waals surface area contributed by atoms with E-state index in [1.807, 2.05) is 0 Å². The average Bonchev–Trinajstić information content (AvgIpc) is 3.27. The first kappa shape index (κ1) is 23.1. The minimum absolute atomic E-state index is 0.118. The van der Waals surface area contributed by atoms with Gasteiger partial charge >= 0.3 is 0 Å². The maximum atomic E-state index is 12.5. The third kappa shape index (κ3) is 7.32. The van der Waals surface area contributed by atoms with Crippen LogP contribution < -0.4 is 14.4 Å². The van der Waals surface area contributed by atoms with Crippen LogP contribution in [0, 0.1) is 0 Å². The number of benzene rings is 1. The van der Waals surface area contributed by atoms with Gasteiger partial charge in [-0.15, -0.1) is 11.3 Å². The smallest absolute Gasteiger partial charge is 0.273 e. The summed E-state index contributed by atoms with van der Waals surface area (Å²) < 4.78 is 42.2. The summed E-state index contributed by atoms with van der Waals surface area (Å²) >= 11 is 1.17. The fraction of sp³-hybridized carbons (Fsp3) is 0.421. The minimum Gasteiger partial charge on any atom is -0.484 e. The Morgan fingerprint density at radius 2 is 1.90 bits per heavy atom. The molecule has 0 aliphatic rings. The zero-order valence-corrected chi connectivity index (χ0v) is 18.1. The molecule has 29 heavy (non-hydrogen) atoms. The van der Waals surface area contributed by atoms with Crippen LogP contribution in [0.4, 0.5) is 5.69 Å². The molecule has 2 aromatic rings. The van der Waals surface area contributed by atoms with Crippen molar-refractivity contribution in [3.63, 3.8) is 0 Å². The van der Waals surface area contributed by atoms with Gasteiger partial charge in [0.2, 0.25) is 0 Å². The molecule has 1 aromatic heterocycles. The summed E-state index contributed by atoms with van der Waals surface area (Å²) in [4.78, 5) is 11.8. The molecule has 10 heteroatoms. The number of ether oxygens (including phenoxy) is 3. The molecule has 1 amide bonds. The van der Waals surface area contributed by atoms with Crippen LogP contribution in [0.5, 0.6) is 5.75 Å². The van der Waals surface area contributed by atoms with Gasteiger partial charge in [-0.05, 0) is 42.1 Å². The monoisotopic (exact) mass is 442 g/mol. The van der Waals surface area contributed by atoms with Crippen LogP contribution in [0.25, 0.3) is 0 Å². The van der Waals surface area contributed by atoms with Crippen LogP contribution in [0.2, 0.25) is 0 Å². The van der Waals surface area contributed by atoms with Crippen LogP contribution >= 0.6 is 11.3 Å². The van der Waals surface area contributed by atoms with E-state index in [1.54, 1.807) is 48.9 Å². The number of amides is 1. The fourth-order valence-electron chi connectivity index (χ4n) is 2.28. The molecule has 2 rings (SSSR count). The summed E-state index contributed by atoms with van der Waals surface area (Å²) in [7, 11) is -0.467. The SMILES string of the molecule is COCCOCCCNC(=O)COc1ccc(N(C)S(=O)(=O)c2cccs2)cc1. The molecular formula is C19H26N2O6S2. The standard InChI is InChI=1S/C19H26N2O6S2/c1-21(29(23,24)19-5-3-14-28-19)16-6-8-17(9-7-16)27-15-18(22)20-10-4-11-26-13-12-25-2/h3,5-9,14H,4,10-13,15H2,1-2H3,(H,20,22). The van der Waals surface area contributed by atoms with Crippen molar-refractivity contribution < 1.29 is 27.4 Å². The predicted octanol–water partition coefficient (Wildman–Crippen LogP) is 2.12. The lowest BCUT2D eigenvalue weighted by atomic mass is 10.3. The van der Waals surface area contributed by atoms with Gasteiger partial charge in [-0.2, -0.15) is 0 Å². The second-order valence-electron chi connectivity index (χ2n) is 6.00. The van der Waals surface area contributed by atoms with E-state index in [-0.39, 0.29) is 16.7 Å². The van der Waals surface area contributed by atoms with Gasteiger partial charge in [0.05, 0.1) is 18.9 Å². The van der Waals surface area contributed by atoms with Crippen molar-refractivity contribution in [2.75, 3.05) is 51.4 Å². The van der Waals surface area contributed by atoms with Gasteiger partial charge in [0.15, 0.2) is 6.61 Å². The van der Waals surface area contributed by atoms with Gasteiger partial charge in [-0.1, -0.05) is 6.07 Å². The lowest BCUT2D eigenvalue weighted by molar-refractivity contribution is -0.123. The van der Waals surface area contributed by atoms with Crippen molar-refractivity contribution in [3.05, 3.63) is 41.8 Å². The zero-order chi connectivity index (χ0) is 21.1. The molecule has 0 atom stereocenters. The van der Waals surface area contributed by atoms with E-state index >= 15 is 0 Å². The number of nitrogens with zero attached hydrogens (tertiary/aromatic N) is 1. The Bertz CT molecular complexity index is 838. The highest BCUT2D eigenvalue weighted by Gasteiger charge is 2.22. The summed E-state index contributed by atoms with van der Waals surface area (Å²) in [5, 5.41) is 4.47. The fourth-order valence-corrected chi connectivity index (χ4v) is 4.64. The van der Waals surface area contributed by atoms with E-state index < -0.39 is 10.0 Å². The molecule has 0 saturated heterocycles. The molecule has 0 aliphatic heterocycles. The van der Waals surface area contributed by atoms with Crippen LogP contribution in [0.15, 0.2) is 46.0 Å². The number of hydrogen-bond donors (Lipinski definition) is 1. The molecule has 0 aliphatic carbocycles. The van der Waals surface area contributed by atoms with Crippen molar-refractivity contribution in [1.29, 1.82) is 0 Å². The van der Waals surface area contributed by atoms with Crippen LogP contribution in [0.3, 0.4) is 0 Å². The first-order chi connectivity index (χ1) is 13.9. The number of sulfonamides is 1. The van der Waals surface area contributed by atoms with Crippen molar-refractivity contribution in [3.8, 4) is 5.75 Å². The Labute approximate surface area is 175 Å². The summed E-state index contributed by atoms with van der Waals surface area (Å²) in [6.45, 7) is 2.02. The Morgan fingerprint density at radius 1 is 1.14 bits per heavy atom. The Kier molecular flexibility index (Phi) is 9.39. The number of hydrogen-bond acceptors (Lipinski definition) is 7. The van der Waals surface area contributed by atoms with E-state index in [9.17, 15) is 13.2 Å². The first-order valence-electron chi connectivity index (χ1n) is 9.04. The normalized spacial score (nSPS) is 11.2. The highest BCUT2D eigenvalue weighted by atomic mass is 32.2. The highest BCUT2D eigenvalue weighted by molar-refractivity contribution is 7.94. The molecule has 0 radical (unpaired) electrons. The number of rotatable bonds is 13. The van der Waals surface area contributed by atoms with E-state index in [0.29, 0.717) is 44.2 Å². The third-order valence-electron chi connectivity index (χ3n) is 3.90. The predicted molar refractivity (Wildman–Crippen MR) is 112 cm³/mol. The maximum Gasteiger partial charge on any atom is 0.273 e. The summed E-state index contributed by atoms with van der Waals surface area (Å²) in [6, 6.07) is 9.80. The lowest BCUT2D eigenvalue weighted by Crippen LogP contribution is -2.30. The minimum atomic E-state index is -3.58. The molecule has 1 aromatic carbocycles. The zero-order valence-electron chi connectivity index (χ0n) is 16.5. The third-order valence-corrected chi connectivity index (χ3v) is 7.06.